The summed E-state index contributed by atoms with van der Waals surface area (Å²) in [4.78, 5) is 32.0. The van der Waals surface area contributed by atoms with Gasteiger partial charge in [0, 0.05) is 29.9 Å². The number of aliphatic hydroxyl groups excluding tert-OH is 2. The molecule has 1 aliphatic heterocycles. The lowest BCUT2D eigenvalue weighted by molar-refractivity contribution is -0.139. The second kappa shape index (κ2) is 8.02. The second-order valence-electron chi connectivity index (χ2n) is 5.73. The normalized spacial score (nSPS) is 16.7. The van der Waals surface area contributed by atoms with E-state index >= 15 is 0 Å². The number of Topliss-reactive ketones (excluding diaryl/α,β-unsaturated/α-hetero) is 1. The topological polar surface area (TPSA) is 134 Å². The van der Waals surface area contributed by atoms with Gasteiger partial charge in [-0.25, -0.2) is 9.78 Å². The van der Waals surface area contributed by atoms with Gasteiger partial charge < -0.3 is 30.0 Å². The van der Waals surface area contributed by atoms with Gasteiger partial charge in [-0.3, -0.25) is 4.79 Å². The van der Waals surface area contributed by atoms with E-state index in [9.17, 15) is 14.7 Å². The van der Waals surface area contributed by atoms with E-state index in [1.54, 1.807) is 25.4 Å². The molecule has 2 aromatic rings. The number of fused-ring (bicyclic) bond motifs is 1. The number of ether oxygens (including phenoxy) is 2. The number of pyridine rings is 1. The van der Waals surface area contributed by atoms with E-state index in [-0.39, 0.29) is 30.4 Å². The van der Waals surface area contributed by atoms with Crippen molar-refractivity contribution < 1.29 is 29.3 Å². The molecule has 0 aliphatic carbocycles. The van der Waals surface area contributed by atoms with Crippen molar-refractivity contribution in [2.45, 2.75) is 13.0 Å². The summed E-state index contributed by atoms with van der Waals surface area (Å²) in [5.41, 5.74) is 1.03. The molecule has 3 heterocycles. The van der Waals surface area contributed by atoms with E-state index in [1.165, 1.54) is 6.08 Å². The van der Waals surface area contributed by atoms with Gasteiger partial charge in [-0.1, -0.05) is 0 Å². The SMILES string of the molecule is CCOC(=O)C1=C(NCC(O)CO)O/C(=C\c2c[nH]c3ncccc23)C1=O. The van der Waals surface area contributed by atoms with Crippen LogP contribution in [0.3, 0.4) is 0 Å². The Kier molecular flexibility index (Phi) is 5.53. The summed E-state index contributed by atoms with van der Waals surface area (Å²) in [6.45, 7) is 1.13. The van der Waals surface area contributed by atoms with Crippen LogP contribution >= 0.6 is 0 Å². The number of hydrogen-bond acceptors (Lipinski definition) is 8. The average molecular weight is 373 g/mol. The number of rotatable bonds is 7. The van der Waals surface area contributed by atoms with Crippen LogP contribution in [0.2, 0.25) is 0 Å². The zero-order chi connectivity index (χ0) is 19.4. The van der Waals surface area contributed by atoms with Gasteiger partial charge in [-0.15, -0.1) is 0 Å². The number of carbonyl (C=O) groups excluding carboxylic acids is 2. The van der Waals surface area contributed by atoms with Crippen LogP contribution in [0.4, 0.5) is 0 Å². The number of nitrogens with zero attached hydrogens (tertiary/aromatic N) is 1. The standard InChI is InChI=1S/C18H19N3O6/c1-2-26-18(25)14-15(24)13(27-17(14)21-8-11(23)9-22)6-10-7-20-16-12(10)4-3-5-19-16/h3-7,11,21-23H,2,8-9H2,1H3,(H,19,20)/b13-6-. The fourth-order valence-electron chi connectivity index (χ4n) is 2.55. The Morgan fingerprint density at radius 2 is 2.33 bits per heavy atom. The fraction of sp³-hybridized carbons (Fsp3) is 0.278. The fourth-order valence-corrected chi connectivity index (χ4v) is 2.55. The zero-order valence-electron chi connectivity index (χ0n) is 14.6. The largest absolute Gasteiger partial charge is 0.462 e. The lowest BCUT2D eigenvalue weighted by atomic mass is 10.1. The molecule has 4 N–H and O–H groups in total. The molecule has 0 saturated heterocycles. The van der Waals surface area contributed by atoms with Gasteiger partial charge in [-0.05, 0) is 25.1 Å². The van der Waals surface area contributed by atoms with Crippen molar-refractivity contribution >= 4 is 28.9 Å². The molecular weight excluding hydrogens is 354 g/mol. The molecule has 9 nitrogen and oxygen atoms in total. The molecule has 1 unspecified atom stereocenters. The molecule has 142 valence electrons. The molecule has 27 heavy (non-hydrogen) atoms. The minimum Gasteiger partial charge on any atom is -0.462 e. The van der Waals surface area contributed by atoms with E-state index < -0.39 is 24.5 Å². The second-order valence-corrected chi connectivity index (χ2v) is 5.73. The summed E-state index contributed by atoms with van der Waals surface area (Å²) in [5.74, 6) is -1.64. The molecule has 0 radical (unpaired) electrons. The van der Waals surface area contributed by atoms with Crippen LogP contribution in [0.5, 0.6) is 0 Å². The average Bonchev–Trinajstić information content (AvgIpc) is 3.21. The number of esters is 1. The number of H-pyrrole nitrogens is 1. The predicted octanol–water partition coefficient (Wildman–Crippen LogP) is 0.221. The van der Waals surface area contributed by atoms with Crippen LogP contribution in [-0.2, 0) is 19.1 Å². The van der Waals surface area contributed by atoms with Gasteiger partial charge in [-0.2, -0.15) is 0 Å². The molecule has 0 spiro atoms. The van der Waals surface area contributed by atoms with Crippen LogP contribution in [0, 0.1) is 0 Å². The van der Waals surface area contributed by atoms with Crippen molar-refractivity contribution in [1.29, 1.82) is 0 Å². The van der Waals surface area contributed by atoms with Gasteiger partial charge in [0.05, 0.1) is 19.3 Å². The van der Waals surface area contributed by atoms with E-state index in [0.29, 0.717) is 11.2 Å². The van der Waals surface area contributed by atoms with Crippen molar-refractivity contribution in [1.82, 2.24) is 15.3 Å². The van der Waals surface area contributed by atoms with Crippen LogP contribution in [0.15, 0.2) is 41.7 Å². The van der Waals surface area contributed by atoms with E-state index in [4.69, 9.17) is 14.6 Å². The lowest BCUT2D eigenvalue weighted by Gasteiger charge is -2.11. The van der Waals surface area contributed by atoms with Crippen molar-refractivity contribution in [3.8, 4) is 0 Å². The summed E-state index contributed by atoms with van der Waals surface area (Å²) in [6.07, 6.45) is 3.74. The first-order valence-electron chi connectivity index (χ1n) is 8.35. The molecule has 0 aromatic carbocycles. The molecule has 0 bridgehead atoms. The molecule has 2 aromatic heterocycles. The number of carbonyl (C=O) groups is 2. The van der Waals surface area contributed by atoms with E-state index in [2.05, 4.69) is 15.3 Å². The Balaban J connectivity index is 1.91. The number of nitrogens with one attached hydrogen (secondary N) is 2. The molecule has 1 aliphatic rings. The highest BCUT2D eigenvalue weighted by molar-refractivity contribution is 6.26. The highest BCUT2D eigenvalue weighted by Gasteiger charge is 2.37. The highest BCUT2D eigenvalue weighted by Crippen LogP contribution is 2.28. The minimum absolute atomic E-state index is 0.0659. The van der Waals surface area contributed by atoms with Crippen molar-refractivity contribution in [2.24, 2.45) is 0 Å². The smallest absolute Gasteiger partial charge is 0.347 e. The van der Waals surface area contributed by atoms with Crippen molar-refractivity contribution in [2.75, 3.05) is 19.8 Å². The van der Waals surface area contributed by atoms with Crippen LogP contribution < -0.4 is 5.32 Å². The summed E-state index contributed by atoms with van der Waals surface area (Å²) < 4.78 is 10.4. The number of aromatic amines is 1. The predicted molar refractivity (Wildman–Crippen MR) is 94.9 cm³/mol. The molecule has 1 atom stereocenters. The molecule has 0 saturated carbocycles. The van der Waals surface area contributed by atoms with Gasteiger partial charge in [0.2, 0.25) is 11.7 Å². The summed E-state index contributed by atoms with van der Waals surface area (Å²) in [5, 5.41) is 21.9. The molecule has 0 fully saturated rings. The lowest BCUT2D eigenvalue weighted by Crippen LogP contribution is -2.30. The molecule has 3 rings (SSSR count). The molecule has 0 amide bonds. The number of allylic oxidation sites excluding steroid dienone is 1. The van der Waals surface area contributed by atoms with Gasteiger partial charge >= 0.3 is 5.97 Å². The van der Waals surface area contributed by atoms with E-state index in [1.807, 2.05) is 6.07 Å². The first-order valence-corrected chi connectivity index (χ1v) is 8.35. The molecular formula is C18H19N3O6. The Morgan fingerprint density at radius 3 is 3.07 bits per heavy atom. The summed E-state index contributed by atoms with van der Waals surface area (Å²) in [6, 6.07) is 3.60. The zero-order valence-corrected chi connectivity index (χ0v) is 14.6. The van der Waals surface area contributed by atoms with Crippen molar-refractivity contribution in [3.63, 3.8) is 0 Å². The minimum atomic E-state index is -1.08. The summed E-state index contributed by atoms with van der Waals surface area (Å²) >= 11 is 0. The maximum absolute atomic E-state index is 12.7. The summed E-state index contributed by atoms with van der Waals surface area (Å²) in [7, 11) is 0. The third kappa shape index (κ3) is 3.83. The Bertz CT molecular complexity index is 930. The monoisotopic (exact) mass is 373 g/mol. The van der Waals surface area contributed by atoms with E-state index in [0.717, 1.165) is 5.39 Å². The maximum atomic E-state index is 12.7. The Hall–Kier alpha value is -3.17. The van der Waals surface area contributed by atoms with Crippen LogP contribution in [-0.4, -0.2) is 57.8 Å². The highest BCUT2D eigenvalue weighted by atomic mass is 16.5. The third-order valence-corrected chi connectivity index (χ3v) is 3.85. The first kappa shape index (κ1) is 18.6. The Morgan fingerprint density at radius 1 is 1.52 bits per heavy atom. The van der Waals surface area contributed by atoms with Gasteiger partial charge in [0.15, 0.2) is 11.3 Å². The number of hydrogen-bond donors (Lipinski definition) is 4. The van der Waals surface area contributed by atoms with Gasteiger partial charge in [0.1, 0.15) is 5.65 Å². The molecule has 9 heteroatoms. The van der Waals surface area contributed by atoms with Gasteiger partial charge in [0.25, 0.3) is 0 Å². The van der Waals surface area contributed by atoms with Crippen LogP contribution in [0.1, 0.15) is 12.5 Å². The van der Waals surface area contributed by atoms with Crippen LogP contribution in [0.25, 0.3) is 17.1 Å². The number of aromatic nitrogens is 2. The quantitative estimate of drug-likeness (QED) is 0.308. The van der Waals surface area contributed by atoms with Crippen molar-refractivity contribution in [3.05, 3.63) is 47.3 Å². The maximum Gasteiger partial charge on any atom is 0.347 e. The first-order chi connectivity index (χ1) is 13.0. The Labute approximate surface area is 154 Å². The third-order valence-electron chi connectivity index (χ3n) is 3.85. The number of ketones is 1. The number of aliphatic hydroxyl groups is 2.